The summed E-state index contributed by atoms with van der Waals surface area (Å²) < 4.78 is 7.50. The van der Waals surface area contributed by atoms with Crippen molar-refractivity contribution in [2.75, 3.05) is 0 Å². The summed E-state index contributed by atoms with van der Waals surface area (Å²) in [7, 11) is 0. The van der Waals surface area contributed by atoms with E-state index in [4.69, 9.17) is 10.5 Å². The maximum atomic E-state index is 6.44. The van der Waals surface area contributed by atoms with Crippen molar-refractivity contribution in [3.05, 3.63) is 28.2 Å². The number of hydrogen-bond acceptors (Lipinski definition) is 2. The Morgan fingerprint density at radius 2 is 2.11 bits per heavy atom. The molecule has 1 spiro atoms. The molecule has 3 heteroatoms. The summed E-state index contributed by atoms with van der Waals surface area (Å²) in [4.78, 5) is 0. The van der Waals surface area contributed by atoms with Crippen molar-refractivity contribution in [3.8, 4) is 5.75 Å². The van der Waals surface area contributed by atoms with Crippen LogP contribution in [0.5, 0.6) is 5.75 Å². The van der Waals surface area contributed by atoms with Gasteiger partial charge in [0, 0.05) is 22.5 Å². The van der Waals surface area contributed by atoms with Crippen LogP contribution in [0.3, 0.4) is 0 Å². The fourth-order valence-electron chi connectivity index (χ4n) is 3.89. The molecule has 3 rings (SSSR count). The highest BCUT2D eigenvalue weighted by atomic mass is 79.9. The first-order valence-corrected chi connectivity index (χ1v) is 7.93. The van der Waals surface area contributed by atoms with Gasteiger partial charge in [0.1, 0.15) is 11.4 Å². The summed E-state index contributed by atoms with van der Waals surface area (Å²) >= 11 is 3.52. The standard InChI is InChI=1S/C16H22BrNO/c1-15(2)6-3-7-16(10-15)9-13(18)12-5-4-11(17)8-14(12)19-16/h4-5,8,13H,3,6-7,9-10,18H2,1-2H3/t13-,16?/m1/s1. The van der Waals surface area contributed by atoms with Gasteiger partial charge >= 0.3 is 0 Å². The molecule has 1 aromatic rings. The Bertz CT molecular complexity index is 500. The molecule has 0 aromatic heterocycles. The minimum Gasteiger partial charge on any atom is -0.487 e. The monoisotopic (exact) mass is 323 g/mol. The van der Waals surface area contributed by atoms with Crippen molar-refractivity contribution in [2.24, 2.45) is 11.1 Å². The quantitative estimate of drug-likeness (QED) is 0.759. The molecule has 2 nitrogen and oxygen atoms in total. The molecule has 104 valence electrons. The first-order chi connectivity index (χ1) is 8.89. The van der Waals surface area contributed by atoms with Crippen molar-refractivity contribution >= 4 is 15.9 Å². The largest absolute Gasteiger partial charge is 0.487 e. The molecule has 19 heavy (non-hydrogen) atoms. The fourth-order valence-corrected chi connectivity index (χ4v) is 4.23. The van der Waals surface area contributed by atoms with Crippen LogP contribution in [-0.2, 0) is 0 Å². The van der Waals surface area contributed by atoms with Gasteiger partial charge in [-0.3, -0.25) is 0 Å². The lowest BCUT2D eigenvalue weighted by Crippen LogP contribution is -2.48. The third-order valence-corrected chi connectivity index (χ3v) is 5.07. The molecule has 0 saturated heterocycles. The second-order valence-corrected chi connectivity index (χ2v) is 7.89. The first kappa shape index (κ1) is 13.4. The van der Waals surface area contributed by atoms with E-state index in [0.29, 0.717) is 5.41 Å². The van der Waals surface area contributed by atoms with Gasteiger partial charge in [-0.05, 0) is 43.2 Å². The Morgan fingerprint density at radius 1 is 1.32 bits per heavy atom. The van der Waals surface area contributed by atoms with E-state index < -0.39 is 0 Å². The summed E-state index contributed by atoms with van der Waals surface area (Å²) in [5.41, 5.74) is 7.86. The number of halogens is 1. The molecule has 1 unspecified atom stereocenters. The van der Waals surface area contributed by atoms with E-state index in [1.807, 2.05) is 6.07 Å². The van der Waals surface area contributed by atoms with Crippen LogP contribution < -0.4 is 10.5 Å². The van der Waals surface area contributed by atoms with Gasteiger partial charge in [0.2, 0.25) is 0 Å². The lowest BCUT2D eigenvalue weighted by Gasteiger charge is -2.48. The number of fused-ring (bicyclic) bond motifs is 1. The van der Waals surface area contributed by atoms with Crippen LogP contribution in [0.2, 0.25) is 0 Å². The van der Waals surface area contributed by atoms with Gasteiger partial charge in [0.15, 0.2) is 0 Å². The Labute approximate surface area is 123 Å². The predicted molar refractivity (Wildman–Crippen MR) is 81.3 cm³/mol. The van der Waals surface area contributed by atoms with E-state index in [2.05, 4.69) is 41.9 Å². The molecule has 0 amide bonds. The van der Waals surface area contributed by atoms with E-state index in [9.17, 15) is 0 Å². The normalized spacial score (nSPS) is 32.7. The predicted octanol–water partition coefficient (Wildman–Crippen LogP) is 4.57. The molecule has 0 radical (unpaired) electrons. The molecule has 1 fully saturated rings. The van der Waals surface area contributed by atoms with Crippen molar-refractivity contribution in [3.63, 3.8) is 0 Å². The van der Waals surface area contributed by atoms with Crippen LogP contribution in [0.4, 0.5) is 0 Å². The van der Waals surface area contributed by atoms with Crippen molar-refractivity contribution in [1.29, 1.82) is 0 Å². The molecule has 0 bridgehead atoms. The van der Waals surface area contributed by atoms with Gasteiger partial charge in [-0.1, -0.05) is 35.8 Å². The molecule has 1 saturated carbocycles. The maximum absolute atomic E-state index is 6.44. The smallest absolute Gasteiger partial charge is 0.126 e. The molecule has 2 aliphatic rings. The van der Waals surface area contributed by atoms with E-state index in [1.54, 1.807) is 0 Å². The zero-order valence-corrected chi connectivity index (χ0v) is 13.3. The molecular weight excluding hydrogens is 302 g/mol. The van der Waals surface area contributed by atoms with Gasteiger partial charge in [0.25, 0.3) is 0 Å². The minimum atomic E-state index is -0.0467. The Morgan fingerprint density at radius 3 is 2.84 bits per heavy atom. The van der Waals surface area contributed by atoms with Crippen LogP contribution in [0, 0.1) is 5.41 Å². The summed E-state index contributed by atoms with van der Waals surface area (Å²) in [6.07, 6.45) is 5.72. The molecule has 1 aliphatic heterocycles. The Hall–Kier alpha value is -0.540. The number of hydrogen-bond donors (Lipinski definition) is 1. The van der Waals surface area contributed by atoms with Gasteiger partial charge in [-0.25, -0.2) is 0 Å². The molecule has 2 N–H and O–H groups in total. The molecule has 2 atom stereocenters. The zero-order chi connectivity index (χ0) is 13.7. The van der Waals surface area contributed by atoms with Crippen LogP contribution in [0.1, 0.15) is 57.6 Å². The van der Waals surface area contributed by atoms with Crippen LogP contribution in [0.15, 0.2) is 22.7 Å². The van der Waals surface area contributed by atoms with E-state index in [0.717, 1.165) is 35.0 Å². The fraction of sp³-hybridized carbons (Fsp3) is 0.625. The van der Waals surface area contributed by atoms with Gasteiger partial charge in [-0.2, -0.15) is 0 Å². The van der Waals surface area contributed by atoms with Crippen molar-refractivity contribution in [2.45, 2.75) is 57.6 Å². The molecule has 1 aromatic carbocycles. The molecular formula is C16H22BrNO. The number of ether oxygens (including phenoxy) is 1. The second kappa shape index (κ2) is 4.49. The lowest BCUT2D eigenvalue weighted by molar-refractivity contribution is -0.0386. The highest BCUT2D eigenvalue weighted by Crippen LogP contribution is 2.50. The number of rotatable bonds is 0. The van der Waals surface area contributed by atoms with E-state index in [1.165, 1.54) is 12.8 Å². The average molecular weight is 324 g/mol. The average Bonchev–Trinajstić information content (AvgIpc) is 2.25. The summed E-state index contributed by atoms with van der Waals surface area (Å²) in [6.45, 7) is 4.69. The Kier molecular flexibility index (Phi) is 3.18. The third-order valence-electron chi connectivity index (χ3n) is 4.58. The van der Waals surface area contributed by atoms with Gasteiger partial charge in [-0.15, -0.1) is 0 Å². The summed E-state index contributed by atoms with van der Waals surface area (Å²) in [5, 5.41) is 0. The molecule has 1 aliphatic carbocycles. The van der Waals surface area contributed by atoms with Gasteiger partial charge in [0.05, 0.1) is 0 Å². The second-order valence-electron chi connectivity index (χ2n) is 6.97. The van der Waals surface area contributed by atoms with Gasteiger partial charge < -0.3 is 10.5 Å². The maximum Gasteiger partial charge on any atom is 0.126 e. The minimum absolute atomic E-state index is 0.0467. The SMILES string of the molecule is CC1(C)CCCC2(C[C@@H](N)c3ccc(Br)cc3O2)C1. The Balaban J connectivity index is 1.95. The van der Waals surface area contributed by atoms with Crippen LogP contribution in [0.25, 0.3) is 0 Å². The topological polar surface area (TPSA) is 35.2 Å². The molecule has 1 heterocycles. The van der Waals surface area contributed by atoms with E-state index in [-0.39, 0.29) is 11.6 Å². The van der Waals surface area contributed by atoms with Crippen molar-refractivity contribution < 1.29 is 4.74 Å². The zero-order valence-electron chi connectivity index (χ0n) is 11.7. The highest BCUT2D eigenvalue weighted by Gasteiger charge is 2.45. The third kappa shape index (κ3) is 2.55. The summed E-state index contributed by atoms with van der Waals surface area (Å²) in [5.74, 6) is 0.978. The van der Waals surface area contributed by atoms with E-state index >= 15 is 0 Å². The first-order valence-electron chi connectivity index (χ1n) is 7.13. The van der Waals surface area contributed by atoms with Crippen LogP contribution >= 0.6 is 15.9 Å². The number of nitrogens with two attached hydrogens (primary N) is 1. The number of benzene rings is 1. The lowest BCUT2D eigenvalue weighted by atomic mass is 9.66. The summed E-state index contributed by atoms with van der Waals surface area (Å²) in [6, 6.07) is 6.30. The van der Waals surface area contributed by atoms with Crippen LogP contribution in [-0.4, -0.2) is 5.60 Å². The highest BCUT2D eigenvalue weighted by molar-refractivity contribution is 9.10. The van der Waals surface area contributed by atoms with Crippen molar-refractivity contribution in [1.82, 2.24) is 0 Å².